The number of rotatable bonds is 14. The van der Waals surface area contributed by atoms with E-state index < -0.39 is 13.9 Å². The Balaban J connectivity index is 1.09. The van der Waals surface area contributed by atoms with Crippen LogP contribution in [0.4, 0.5) is 22.0 Å². The number of fused-ring (bicyclic) bond motifs is 1. The number of phosphoric acid groups is 1. The van der Waals surface area contributed by atoms with Gasteiger partial charge in [0.05, 0.1) is 25.3 Å². The second-order valence-electron chi connectivity index (χ2n) is 10.9. The molecule has 0 spiro atoms. The molecule has 2 heterocycles. The number of amides is 2. The molecule has 0 aliphatic carbocycles. The van der Waals surface area contributed by atoms with Gasteiger partial charge < -0.3 is 40.1 Å². The molecule has 14 heteroatoms. The van der Waals surface area contributed by atoms with E-state index in [0.29, 0.717) is 62.1 Å². The zero-order chi connectivity index (χ0) is 32.4. The van der Waals surface area contributed by atoms with Crippen molar-refractivity contribution >= 4 is 41.9 Å². The number of hydrogen-bond acceptors (Lipinski definition) is 9. The molecule has 244 valence electrons. The summed E-state index contributed by atoms with van der Waals surface area (Å²) in [4.78, 5) is 41.4. The maximum Gasteiger partial charge on any atom is 0.469 e. The number of nitrogens with zero attached hydrogens (tertiary/aromatic N) is 3. The first-order valence-corrected chi connectivity index (χ1v) is 16.7. The van der Waals surface area contributed by atoms with Gasteiger partial charge in [0.25, 0.3) is 0 Å². The smallest absolute Gasteiger partial charge is 0.469 e. The molecule has 4 aromatic rings. The number of benzene rings is 3. The van der Waals surface area contributed by atoms with E-state index in [0.717, 1.165) is 41.5 Å². The highest BCUT2D eigenvalue weighted by Crippen LogP contribution is 2.39. The van der Waals surface area contributed by atoms with Crippen LogP contribution in [0.25, 0.3) is 10.9 Å². The lowest BCUT2D eigenvalue weighted by molar-refractivity contribution is 0.0694. The van der Waals surface area contributed by atoms with Crippen molar-refractivity contribution in [2.24, 2.45) is 0 Å². The first kappa shape index (κ1) is 33.1. The molecule has 3 aromatic carbocycles. The predicted molar refractivity (Wildman–Crippen MR) is 177 cm³/mol. The number of nitrogens with one attached hydrogen (secondary N) is 3. The Hall–Kier alpha value is -4.26. The Kier molecular flexibility index (Phi) is 11.4. The van der Waals surface area contributed by atoms with Gasteiger partial charge in [-0.2, -0.15) is 0 Å². The summed E-state index contributed by atoms with van der Waals surface area (Å²) in [6, 6.07) is 20.4. The lowest BCUT2D eigenvalue weighted by Crippen LogP contribution is -2.37. The Bertz CT molecular complexity index is 1630. The maximum absolute atomic E-state index is 12.3. The van der Waals surface area contributed by atoms with E-state index in [1.807, 2.05) is 66.7 Å². The number of para-hydroxylation sites is 1. The van der Waals surface area contributed by atoms with E-state index in [1.54, 1.807) is 7.11 Å². The molecule has 0 saturated carbocycles. The molecule has 5 rings (SSSR count). The highest BCUT2D eigenvalue weighted by Gasteiger charge is 2.26. The molecule has 1 aliphatic heterocycles. The van der Waals surface area contributed by atoms with Gasteiger partial charge in [-0.15, -0.1) is 0 Å². The number of anilines is 3. The Labute approximate surface area is 267 Å². The van der Waals surface area contributed by atoms with Gasteiger partial charge in [0.2, 0.25) is 0 Å². The number of methoxy groups -OCH3 is 1. The van der Waals surface area contributed by atoms with Gasteiger partial charge in [-0.05, 0) is 61.6 Å². The van der Waals surface area contributed by atoms with Gasteiger partial charge in [-0.1, -0.05) is 30.3 Å². The molecular formula is C32H39N6O7P. The molecule has 1 aliphatic rings. The zero-order valence-electron chi connectivity index (χ0n) is 25.6. The monoisotopic (exact) mass is 650 g/mol. The van der Waals surface area contributed by atoms with Crippen molar-refractivity contribution in [1.82, 2.24) is 14.9 Å². The Morgan fingerprint density at radius 3 is 2.39 bits per heavy atom. The van der Waals surface area contributed by atoms with Crippen LogP contribution >= 0.6 is 7.82 Å². The lowest BCUT2D eigenvalue weighted by atomic mass is 10.1. The van der Waals surface area contributed by atoms with Crippen LogP contribution in [-0.4, -0.2) is 76.7 Å². The minimum Gasteiger partial charge on any atom is -0.493 e. The van der Waals surface area contributed by atoms with Gasteiger partial charge >= 0.3 is 13.9 Å². The third-order valence-electron chi connectivity index (χ3n) is 7.57. The number of phosphoric ester groups is 1. The minimum absolute atomic E-state index is 0.299. The van der Waals surface area contributed by atoms with Crippen molar-refractivity contribution in [1.29, 1.82) is 0 Å². The molecule has 13 nitrogen and oxygen atoms in total. The summed E-state index contributed by atoms with van der Waals surface area (Å²) in [7, 11) is -2.85. The van der Waals surface area contributed by atoms with Gasteiger partial charge in [-0.3, -0.25) is 4.52 Å². The first-order chi connectivity index (χ1) is 22.3. The molecule has 0 atom stereocenters. The predicted octanol–water partition coefficient (Wildman–Crippen LogP) is 5.28. The number of piperidine rings is 1. The van der Waals surface area contributed by atoms with Crippen molar-refractivity contribution < 1.29 is 33.1 Å². The minimum atomic E-state index is -4.45. The Morgan fingerprint density at radius 1 is 0.978 bits per heavy atom. The summed E-state index contributed by atoms with van der Waals surface area (Å²) in [6.45, 7) is 3.34. The van der Waals surface area contributed by atoms with Crippen LogP contribution in [0, 0.1) is 0 Å². The normalized spacial score (nSPS) is 14.2. The third kappa shape index (κ3) is 9.87. The number of carbonyl (C=O) groups is 1. The molecule has 1 fully saturated rings. The van der Waals surface area contributed by atoms with E-state index in [-0.39, 0.29) is 6.03 Å². The van der Waals surface area contributed by atoms with Gasteiger partial charge in [0.1, 0.15) is 12.1 Å². The highest BCUT2D eigenvalue weighted by molar-refractivity contribution is 7.46. The molecule has 0 unspecified atom stereocenters. The molecule has 0 radical (unpaired) electrons. The molecule has 1 saturated heterocycles. The first-order valence-electron chi connectivity index (χ1n) is 15.1. The molecular weight excluding hydrogens is 611 g/mol. The van der Waals surface area contributed by atoms with E-state index in [4.69, 9.17) is 23.8 Å². The number of likely N-dealkylation sites (tertiary alicyclic amines) is 1. The summed E-state index contributed by atoms with van der Waals surface area (Å²) in [5.74, 6) is 1.87. The second-order valence-corrected chi connectivity index (χ2v) is 12.1. The summed E-state index contributed by atoms with van der Waals surface area (Å²) in [5, 5.41) is 9.86. The number of hydrogen-bond donors (Lipinski definition) is 5. The van der Waals surface area contributed by atoms with Crippen LogP contribution in [0.5, 0.6) is 11.5 Å². The molecule has 2 amide bonds. The SMILES string of the molecule is COc1cc2c(NCCc3ccc(NC(=O)Nc4ccccc4)cc3)ncnc2cc1OCCCN1CCC(OP(=O)(O)O)CC1. The number of urea groups is 1. The molecule has 1 aromatic heterocycles. The average Bonchev–Trinajstić information content (AvgIpc) is 3.04. The van der Waals surface area contributed by atoms with Crippen molar-refractivity contribution in [3.05, 3.63) is 78.6 Å². The van der Waals surface area contributed by atoms with Crippen LogP contribution < -0.4 is 25.4 Å². The standard InChI is InChI=1S/C32H39N6O7P/c1-43-29-20-27-28(21-30(29)44-19-5-16-38-17-13-26(14-18-38)45-46(40,41)42)34-22-35-31(27)33-15-12-23-8-10-25(11-9-23)37-32(39)36-24-6-3-2-4-7-24/h2-4,6-11,20-22,26H,5,12-19H2,1H3,(H,33,34,35)(H2,36,37,39)(H2,40,41,42). The molecule has 0 bridgehead atoms. The van der Waals surface area contributed by atoms with E-state index in [1.165, 1.54) is 6.33 Å². The summed E-state index contributed by atoms with van der Waals surface area (Å²) < 4.78 is 27.6. The fraction of sp³-hybridized carbons (Fsp3) is 0.344. The largest absolute Gasteiger partial charge is 0.493 e. The zero-order valence-corrected chi connectivity index (χ0v) is 26.5. The van der Waals surface area contributed by atoms with Gasteiger partial charge in [0.15, 0.2) is 11.5 Å². The van der Waals surface area contributed by atoms with Crippen LogP contribution in [0.2, 0.25) is 0 Å². The third-order valence-corrected chi connectivity index (χ3v) is 8.14. The van der Waals surface area contributed by atoms with Gasteiger partial charge in [0, 0.05) is 49.0 Å². The highest BCUT2D eigenvalue weighted by atomic mass is 31.2. The average molecular weight is 651 g/mol. The molecule has 46 heavy (non-hydrogen) atoms. The van der Waals surface area contributed by atoms with Crippen LogP contribution in [0.3, 0.4) is 0 Å². The summed E-state index contributed by atoms with van der Waals surface area (Å²) in [6.07, 6.45) is 3.79. The fourth-order valence-corrected chi connectivity index (χ4v) is 5.87. The van der Waals surface area contributed by atoms with E-state index in [9.17, 15) is 9.36 Å². The summed E-state index contributed by atoms with van der Waals surface area (Å²) in [5.41, 5.74) is 3.26. The quantitative estimate of drug-likeness (QED) is 0.0890. The topological polar surface area (TPSA) is 167 Å². The lowest BCUT2D eigenvalue weighted by Gasteiger charge is -2.31. The van der Waals surface area contributed by atoms with E-state index in [2.05, 4.69) is 30.8 Å². The van der Waals surface area contributed by atoms with Crippen molar-refractivity contribution in [2.75, 3.05) is 55.8 Å². The van der Waals surface area contributed by atoms with E-state index >= 15 is 0 Å². The second kappa shape index (κ2) is 15.8. The fourth-order valence-electron chi connectivity index (χ4n) is 5.27. The number of carbonyl (C=O) groups excluding carboxylic acids is 1. The Morgan fingerprint density at radius 2 is 1.70 bits per heavy atom. The van der Waals surface area contributed by atoms with Gasteiger partial charge in [-0.25, -0.2) is 19.3 Å². The van der Waals surface area contributed by atoms with Crippen LogP contribution in [0.15, 0.2) is 73.1 Å². The van der Waals surface area contributed by atoms with Crippen molar-refractivity contribution in [3.8, 4) is 11.5 Å². The van der Waals surface area contributed by atoms with Crippen LogP contribution in [-0.2, 0) is 15.5 Å². The molecule has 5 N–H and O–H groups in total. The van der Waals surface area contributed by atoms with Crippen molar-refractivity contribution in [3.63, 3.8) is 0 Å². The number of aromatic nitrogens is 2. The maximum atomic E-state index is 12.3. The number of ether oxygens (including phenoxy) is 2. The van der Waals surface area contributed by atoms with Crippen LogP contribution in [0.1, 0.15) is 24.8 Å². The summed E-state index contributed by atoms with van der Waals surface area (Å²) >= 11 is 0. The van der Waals surface area contributed by atoms with Crippen molar-refractivity contribution in [2.45, 2.75) is 31.8 Å².